The third kappa shape index (κ3) is 14.3. The first-order valence-electron chi connectivity index (χ1n) is 13.5. The zero-order valence-electron chi connectivity index (χ0n) is 20.9. The molecule has 0 heterocycles. The van der Waals surface area contributed by atoms with E-state index in [0.29, 0.717) is 5.75 Å². The predicted octanol–water partition coefficient (Wildman–Crippen LogP) is 10.2. The summed E-state index contributed by atoms with van der Waals surface area (Å²) in [6.07, 6.45) is 22.3. The number of aromatic hydroxyl groups is 1. The standard InChI is InChI=1S/C30H46O2S/c1-2-3-4-5-6-7-8-9-10-11-12-13-14-15-16-17-26-32-28-20-24-30(25-21-28)33-29-22-18-27(31)19-23-29/h18-25,31H,2-17,26H2,1H3. The number of unbranched alkanes of at least 4 members (excludes halogenated alkanes) is 15. The van der Waals surface area contributed by atoms with Crippen molar-refractivity contribution in [3.05, 3.63) is 48.5 Å². The predicted molar refractivity (Wildman–Crippen MR) is 144 cm³/mol. The van der Waals surface area contributed by atoms with E-state index >= 15 is 0 Å². The molecular formula is C30H46O2S. The Labute approximate surface area is 207 Å². The summed E-state index contributed by atoms with van der Waals surface area (Å²) in [6, 6.07) is 15.6. The largest absolute Gasteiger partial charge is 0.508 e. The maximum absolute atomic E-state index is 9.38. The Morgan fingerprint density at radius 3 is 1.39 bits per heavy atom. The van der Waals surface area contributed by atoms with Crippen molar-refractivity contribution < 1.29 is 9.84 Å². The van der Waals surface area contributed by atoms with Crippen molar-refractivity contribution in [1.29, 1.82) is 0 Å². The van der Waals surface area contributed by atoms with Gasteiger partial charge in [0.25, 0.3) is 0 Å². The van der Waals surface area contributed by atoms with E-state index in [9.17, 15) is 5.11 Å². The van der Waals surface area contributed by atoms with Crippen LogP contribution in [0.2, 0.25) is 0 Å². The fourth-order valence-corrected chi connectivity index (χ4v) is 4.91. The van der Waals surface area contributed by atoms with Crippen LogP contribution in [0.15, 0.2) is 58.3 Å². The molecule has 0 aliphatic carbocycles. The van der Waals surface area contributed by atoms with Crippen LogP contribution in [0, 0.1) is 0 Å². The summed E-state index contributed by atoms with van der Waals surface area (Å²) in [5.74, 6) is 1.25. The molecule has 0 spiro atoms. The van der Waals surface area contributed by atoms with Gasteiger partial charge in [-0.2, -0.15) is 0 Å². The summed E-state index contributed by atoms with van der Waals surface area (Å²) in [6.45, 7) is 3.10. The number of rotatable bonds is 20. The van der Waals surface area contributed by atoms with Gasteiger partial charge in [-0.05, 0) is 55.0 Å². The number of hydrogen-bond acceptors (Lipinski definition) is 3. The lowest BCUT2D eigenvalue weighted by molar-refractivity contribution is 0.304. The highest BCUT2D eigenvalue weighted by atomic mass is 32.2. The molecule has 0 radical (unpaired) electrons. The van der Waals surface area contributed by atoms with Gasteiger partial charge >= 0.3 is 0 Å². The Kier molecular flexibility index (Phi) is 15.7. The lowest BCUT2D eigenvalue weighted by atomic mass is 10.0. The normalized spacial score (nSPS) is 11.1. The lowest BCUT2D eigenvalue weighted by Gasteiger charge is -2.08. The van der Waals surface area contributed by atoms with Crippen LogP contribution < -0.4 is 4.74 Å². The zero-order chi connectivity index (χ0) is 23.4. The smallest absolute Gasteiger partial charge is 0.119 e. The van der Waals surface area contributed by atoms with Gasteiger partial charge < -0.3 is 9.84 Å². The Morgan fingerprint density at radius 1 is 0.545 bits per heavy atom. The average Bonchev–Trinajstić information content (AvgIpc) is 2.83. The quantitative estimate of drug-likeness (QED) is 0.195. The highest BCUT2D eigenvalue weighted by molar-refractivity contribution is 7.99. The van der Waals surface area contributed by atoms with E-state index < -0.39 is 0 Å². The van der Waals surface area contributed by atoms with Crippen molar-refractivity contribution in [2.75, 3.05) is 6.61 Å². The monoisotopic (exact) mass is 470 g/mol. The number of phenolic OH excluding ortho intramolecular Hbond substituents is 1. The van der Waals surface area contributed by atoms with E-state index in [1.165, 1.54) is 101 Å². The number of benzene rings is 2. The molecule has 184 valence electrons. The lowest BCUT2D eigenvalue weighted by Crippen LogP contribution is -1.97. The van der Waals surface area contributed by atoms with E-state index in [0.717, 1.165) is 23.7 Å². The second kappa shape index (κ2) is 18.8. The van der Waals surface area contributed by atoms with Gasteiger partial charge in [0.1, 0.15) is 11.5 Å². The van der Waals surface area contributed by atoms with E-state index in [2.05, 4.69) is 31.2 Å². The SMILES string of the molecule is CCCCCCCCCCCCCCCCCCOc1ccc(Sc2ccc(O)cc2)cc1. The number of ether oxygens (including phenoxy) is 1. The van der Waals surface area contributed by atoms with Gasteiger partial charge in [0.05, 0.1) is 6.61 Å². The van der Waals surface area contributed by atoms with Gasteiger partial charge in [0.2, 0.25) is 0 Å². The van der Waals surface area contributed by atoms with Crippen molar-refractivity contribution in [1.82, 2.24) is 0 Å². The molecule has 0 atom stereocenters. The molecule has 0 unspecified atom stereocenters. The van der Waals surface area contributed by atoms with Gasteiger partial charge in [0.15, 0.2) is 0 Å². The molecule has 2 nitrogen and oxygen atoms in total. The Morgan fingerprint density at radius 2 is 0.939 bits per heavy atom. The van der Waals surface area contributed by atoms with Gasteiger partial charge in [-0.3, -0.25) is 0 Å². The van der Waals surface area contributed by atoms with Crippen molar-refractivity contribution >= 4 is 11.8 Å². The summed E-state index contributed by atoms with van der Waals surface area (Å²) >= 11 is 1.69. The van der Waals surface area contributed by atoms with E-state index in [1.54, 1.807) is 23.9 Å². The third-order valence-electron chi connectivity index (χ3n) is 6.16. The fraction of sp³-hybridized carbons (Fsp3) is 0.600. The summed E-state index contributed by atoms with van der Waals surface area (Å²) in [7, 11) is 0. The van der Waals surface area contributed by atoms with Crippen LogP contribution >= 0.6 is 11.8 Å². The van der Waals surface area contributed by atoms with Crippen molar-refractivity contribution in [3.8, 4) is 11.5 Å². The van der Waals surface area contributed by atoms with Gasteiger partial charge in [-0.1, -0.05) is 115 Å². The topological polar surface area (TPSA) is 29.5 Å². The van der Waals surface area contributed by atoms with Crippen molar-refractivity contribution in [2.24, 2.45) is 0 Å². The highest BCUT2D eigenvalue weighted by Gasteiger charge is 2.00. The maximum Gasteiger partial charge on any atom is 0.119 e. The molecule has 33 heavy (non-hydrogen) atoms. The number of phenols is 1. The maximum atomic E-state index is 9.38. The minimum Gasteiger partial charge on any atom is -0.508 e. The molecule has 0 amide bonds. The van der Waals surface area contributed by atoms with Gasteiger partial charge in [-0.25, -0.2) is 0 Å². The Balaban J connectivity index is 1.36. The fourth-order valence-electron chi connectivity index (χ4n) is 4.09. The zero-order valence-corrected chi connectivity index (χ0v) is 21.7. The number of hydrogen-bond donors (Lipinski definition) is 1. The molecular weight excluding hydrogens is 424 g/mol. The van der Waals surface area contributed by atoms with E-state index in [-0.39, 0.29) is 0 Å². The van der Waals surface area contributed by atoms with Crippen LogP contribution in [0.25, 0.3) is 0 Å². The van der Waals surface area contributed by atoms with Crippen LogP contribution in [0.1, 0.15) is 110 Å². The van der Waals surface area contributed by atoms with Crippen LogP contribution in [0.5, 0.6) is 11.5 Å². The summed E-state index contributed by atoms with van der Waals surface area (Å²) in [5.41, 5.74) is 0. The molecule has 2 aromatic carbocycles. The Hall–Kier alpha value is -1.61. The van der Waals surface area contributed by atoms with Crippen molar-refractivity contribution in [3.63, 3.8) is 0 Å². The molecule has 2 rings (SSSR count). The summed E-state index contributed by atoms with van der Waals surface area (Å²) in [5, 5.41) is 9.38. The molecule has 1 N–H and O–H groups in total. The summed E-state index contributed by atoms with van der Waals surface area (Å²) in [4.78, 5) is 2.30. The molecule has 0 aromatic heterocycles. The molecule has 3 heteroatoms. The van der Waals surface area contributed by atoms with Gasteiger partial charge in [-0.15, -0.1) is 0 Å². The van der Waals surface area contributed by atoms with Crippen molar-refractivity contribution in [2.45, 2.75) is 119 Å². The highest BCUT2D eigenvalue weighted by Crippen LogP contribution is 2.30. The van der Waals surface area contributed by atoms with Crippen LogP contribution in [0.3, 0.4) is 0 Å². The first kappa shape index (κ1) is 27.6. The molecule has 0 saturated carbocycles. The van der Waals surface area contributed by atoms with Gasteiger partial charge in [0, 0.05) is 9.79 Å². The molecule has 0 fully saturated rings. The first-order chi connectivity index (χ1) is 16.3. The van der Waals surface area contributed by atoms with E-state index in [1.807, 2.05) is 12.1 Å². The summed E-state index contributed by atoms with van der Waals surface area (Å²) < 4.78 is 5.90. The van der Waals surface area contributed by atoms with Crippen LogP contribution in [-0.4, -0.2) is 11.7 Å². The van der Waals surface area contributed by atoms with Crippen LogP contribution in [0.4, 0.5) is 0 Å². The second-order valence-corrected chi connectivity index (χ2v) is 10.4. The second-order valence-electron chi connectivity index (χ2n) is 9.22. The minimum absolute atomic E-state index is 0.303. The Bertz CT molecular complexity index is 696. The average molecular weight is 471 g/mol. The molecule has 0 aliphatic rings. The molecule has 0 saturated heterocycles. The van der Waals surface area contributed by atoms with E-state index in [4.69, 9.17) is 4.74 Å². The third-order valence-corrected chi connectivity index (χ3v) is 7.18. The first-order valence-corrected chi connectivity index (χ1v) is 14.3. The molecule has 2 aromatic rings. The minimum atomic E-state index is 0.303. The molecule has 0 bridgehead atoms. The molecule has 0 aliphatic heterocycles. The van der Waals surface area contributed by atoms with Crippen LogP contribution in [-0.2, 0) is 0 Å².